The number of ether oxygens (including phenoxy) is 1. The molecule has 1 atom stereocenters. The highest BCUT2D eigenvalue weighted by Crippen LogP contribution is 2.29. The number of carbonyl (C=O) groups excluding carboxylic acids is 1. The number of nitrogens with one attached hydrogen (secondary N) is 1. The minimum atomic E-state index is 0.133. The Morgan fingerprint density at radius 1 is 1.53 bits per heavy atom. The predicted octanol–water partition coefficient (Wildman–Crippen LogP) is 2.08. The fourth-order valence-electron chi connectivity index (χ4n) is 2.40. The van der Waals surface area contributed by atoms with Crippen LogP contribution in [0.3, 0.4) is 0 Å². The van der Waals surface area contributed by atoms with E-state index < -0.39 is 0 Å². The Hall–Kier alpha value is -1.51. The Kier molecular flexibility index (Phi) is 3.67. The molecule has 3 heteroatoms. The number of hydrogen-bond donors (Lipinski definition) is 1. The highest BCUT2D eigenvalue weighted by atomic mass is 16.5. The maximum Gasteiger partial charge on any atom is 0.219 e. The van der Waals surface area contributed by atoms with Crippen LogP contribution < -0.4 is 10.1 Å². The zero-order valence-corrected chi connectivity index (χ0v) is 10.5. The molecule has 1 aromatic rings. The van der Waals surface area contributed by atoms with Crippen molar-refractivity contribution < 1.29 is 9.53 Å². The predicted molar refractivity (Wildman–Crippen MR) is 67.2 cm³/mol. The number of benzene rings is 1. The summed E-state index contributed by atoms with van der Waals surface area (Å²) in [5.74, 6) is 1.08. The number of fused-ring (bicyclic) bond motifs is 1. The molecular weight excluding hydrogens is 214 g/mol. The van der Waals surface area contributed by atoms with Gasteiger partial charge in [0.05, 0.1) is 7.11 Å². The van der Waals surface area contributed by atoms with Gasteiger partial charge in [0.25, 0.3) is 0 Å². The van der Waals surface area contributed by atoms with Gasteiger partial charge >= 0.3 is 0 Å². The van der Waals surface area contributed by atoms with E-state index >= 15 is 0 Å². The lowest BCUT2D eigenvalue weighted by Crippen LogP contribution is -2.38. The number of rotatable bonds is 3. The van der Waals surface area contributed by atoms with Crippen molar-refractivity contribution in [2.45, 2.75) is 38.6 Å². The zero-order chi connectivity index (χ0) is 12.3. The van der Waals surface area contributed by atoms with Gasteiger partial charge in [0.15, 0.2) is 0 Å². The van der Waals surface area contributed by atoms with Crippen LogP contribution in [0.1, 0.15) is 30.9 Å². The highest BCUT2D eigenvalue weighted by molar-refractivity contribution is 5.75. The minimum absolute atomic E-state index is 0.133. The van der Waals surface area contributed by atoms with E-state index in [-0.39, 0.29) is 11.9 Å². The molecule has 0 unspecified atom stereocenters. The largest absolute Gasteiger partial charge is 0.496 e. The van der Waals surface area contributed by atoms with Crippen LogP contribution in [0.2, 0.25) is 0 Å². The van der Waals surface area contributed by atoms with Crippen LogP contribution in [0, 0.1) is 0 Å². The SMILES string of the molecule is CCC(=O)N[C@@H]1CCc2cccc(OC)c2C1. The molecule has 0 spiro atoms. The van der Waals surface area contributed by atoms with Gasteiger partial charge in [-0.3, -0.25) is 4.79 Å². The molecular formula is C14H19NO2. The molecule has 92 valence electrons. The molecule has 0 fully saturated rings. The van der Waals surface area contributed by atoms with Crippen LogP contribution in [0.25, 0.3) is 0 Å². The van der Waals surface area contributed by atoms with E-state index in [9.17, 15) is 4.79 Å². The minimum Gasteiger partial charge on any atom is -0.496 e. The van der Waals surface area contributed by atoms with Crippen molar-refractivity contribution in [3.8, 4) is 5.75 Å². The molecule has 0 bridgehead atoms. The molecule has 0 aromatic heterocycles. The molecule has 1 aliphatic rings. The van der Waals surface area contributed by atoms with E-state index in [1.165, 1.54) is 11.1 Å². The molecule has 2 rings (SSSR count). The fourth-order valence-corrected chi connectivity index (χ4v) is 2.40. The molecule has 1 N–H and O–H groups in total. The molecule has 0 aliphatic heterocycles. The van der Waals surface area contributed by atoms with Crippen molar-refractivity contribution in [2.75, 3.05) is 7.11 Å². The van der Waals surface area contributed by atoms with Gasteiger partial charge < -0.3 is 10.1 Å². The van der Waals surface area contributed by atoms with Gasteiger partial charge in [0.2, 0.25) is 5.91 Å². The van der Waals surface area contributed by atoms with Crippen molar-refractivity contribution in [1.82, 2.24) is 5.32 Å². The van der Waals surface area contributed by atoms with Crippen molar-refractivity contribution in [3.63, 3.8) is 0 Å². The molecule has 0 saturated carbocycles. The highest BCUT2D eigenvalue weighted by Gasteiger charge is 2.22. The van der Waals surface area contributed by atoms with E-state index in [0.29, 0.717) is 6.42 Å². The summed E-state index contributed by atoms with van der Waals surface area (Å²) in [6.45, 7) is 1.88. The fraction of sp³-hybridized carbons (Fsp3) is 0.500. The monoisotopic (exact) mass is 233 g/mol. The third kappa shape index (κ3) is 2.60. The van der Waals surface area contributed by atoms with Gasteiger partial charge in [0.1, 0.15) is 5.75 Å². The van der Waals surface area contributed by atoms with Crippen LogP contribution in [0.15, 0.2) is 18.2 Å². The Bertz CT molecular complexity index is 400. The number of aryl methyl sites for hydroxylation is 1. The quantitative estimate of drug-likeness (QED) is 0.868. The summed E-state index contributed by atoms with van der Waals surface area (Å²) in [4.78, 5) is 11.4. The van der Waals surface area contributed by atoms with Gasteiger partial charge in [0, 0.05) is 12.5 Å². The molecule has 0 saturated heterocycles. The lowest BCUT2D eigenvalue weighted by molar-refractivity contribution is -0.121. The second kappa shape index (κ2) is 5.21. The molecule has 1 aromatic carbocycles. The Labute approximate surface area is 102 Å². The van der Waals surface area contributed by atoms with E-state index in [1.54, 1.807) is 7.11 Å². The molecule has 0 radical (unpaired) electrons. The standard InChI is InChI=1S/C14H19NO2/c1-3-14(16)15-11-8-7-10-5-4-6-13(17-2)12(10)9-11/h4-6,11H,3,7-9H2,1-2H3,(H,15,16)/t11-/m1/s1. The number of hydrogen-bond acceptors (Lipinski definition) is 2. The van der Waals surface area contributed by atoms with Crippen LogP contribution in [-0.4, -0.2) is 19.1 Å². The third-order valence-electron chi connectivity index (χ3n) is 3.35. The summed E-state index contributed by atoms with van der Waals surface area (Å²) in [6.07, 6.45) is 3.47. The first kappa shape index (κ1) is 12.0. The Morgan fingerprint density at radius 3 is 3.06 bits per heavy atom. The van der Waals surface area contributed by atoms with Crippen molar-refractivity contribution in [3.05, 3.63) is 29.3 Å². The summed E-state index contributed by atoms with van der Waals surface area (Å²) < 4.78 is 5.38. The van der Waals surface area contributed by atoms with E-state index in [0.717, 1.165) is 25.0 Å². The summed E-state index contributed by atoms with van der Waals surface area (Å²) in [5, 5.41) is 3.07. The third-order valence-corrected chi connectivity index (χ3v) is 3.35. The van der Waals surface area contributed by atoms with Crippen molar-refractivity contribution in [1.29, 1.82) is 0 Å². The topological polar surface area (TPSA) is 38.3 Å². The average Bonchev–Trinajstić information content (AvgIpc) is 2.37. The average molecular weight is 233 g/mol. The first-order valence-electron chi connectivity index (χ1n) is 6.18. The van der Waals surface area contributed by atoms with Crippen LogP contribution in [0.5, 0.6) is 5.75 Å². The van der Waals surface area contributed by atoms with E-state index in [4.69, 9.17) is 4.74 Å². The maximum absolute atomic E-state index is 11.4. The van der Waals surface area contributed by atoms with Gasteiger partial charge in [-0.05, 0) is 36.5 Å². The van der Waals surface area contributed by atoms with Crippen LogP contribution in [-0.2, 0) is 17.6 Å². The maximum atomic E-state index is 11.4. The van der Waals surface area contributed by atoms with E-state index in [2.05, 4.69) is 11.4 Å². The summed E-state index contributed by atoms with van der Waals surface area (Å²) >= 11 is 0. The smallest absolute Gasteiger partial charge is 0.219 e. The van der Waals surface area contributed by atoms with Gasteiger partial charge in [-0.1, -0.05) is 19.1 Å². The first-order valence-corrected chi connectivity index (χ1v) is 6.18. The lowest BCUT2D eigenvalue weighted by atomic mass is 9.87. The first-order chi connectivity index (χ1) is 8.24. The van der Waals surface area contributed by atoms with Gasteiger partial charge in [-0.25, -0.2) is 0 Å². The van der Waals surface area contributed by atoms with E-state index in [1.807, 2.05) is 19.1 Å². The number of carbonyl (C=O) groups is 1. The molecule has 17 heavy (non-hydrogen) atoms. The molecule has 0 heterocycles. The summed E-state index contributed by atoms with van der Waals surface area (Å²) in [5.41, 5.74) is 2.61. The Morgan fingerprint density at radius 2 is 2.35 bits per heavy atom. The summed E-state index contributed by atoms with van der Waals surface area (Å²) in [6, 6.07) is 6.42. The Balaban J connectivity index is 2.14. The summed E-state index contributed by atoms with van der Waals surface area (Å²) in [7, 11) is 1.70. The molecule has 1 aliphatic carbocycles. The second-order valence-corrected chi connectivity index (χ2v) is 4.46. The molecule has 1 amide bonds. The van der Waals surface area contributed by atoms with Gasteiger partial charge in [-0.2, -0.15) is 0 Å². The molecule has 3 nitrogen and oxygen atoms in total. The number of amides is 1. The zero-order valence-electron chi connectivity index (χ0n) is 10.5. The van der Waals surface area contributed by atoms with Crippen molar-refractivity contribution in [2.24, 2.45) is 0 Å². The van der Waals surface area contributed by atoms with Gasteiger partial charge in [-0.15, -0.1) is 0 Å². The van der Waals surface area contributed by atoms with Crippen LogP contribution in [0.4, 0.5) is 0 Å². The van der Waals surface area contributed by atoms with Crippen molar-refractivity contribution >= 4 is 5.91 Å². The lowest BCUT2D eigenvalue weighted by Gasteiger charge is -2.26. The normalized spacial score (nSPS) is 18.4. The van der Waals surface area contributed by atoms with Crippen LogP contribution >= 0.6 is 0 Å². The second-order valence-electron chi connectivity index (χ2n) is 4.46. The number of methoxy groups -OCH3 is 1.